The number of aliphatic hydroxyl groups is 1. The van der Waals surface area contributed by atoms with E-state index in [0.29, 0.717) is 5.82 Å². The first-order valence-corrected chi connectivity index (χ1v) is 3.95. The van der Waals surface area contributed by atoms with Crippen LogP contribution in [-0.4, -0.2) is 20.2 Å². The zero-order valence-electron chi connectivity index (χ0n) is 6.56. The molecule has 12 heavy (non-hydrogen) atoms. The van der Waals surface area contributed by atoms with Crippen LogP contribution in [0, 0.1) is 0 Å². The Bertz CT molecular complexity index is 280. The largest absolute Gasteiger partial charge is 0.505 e. The zero-order chi connectivity index (χ0) is 8.60. The summed E-state index contributed by atoms with van der Waals surface area (Å²) in [5.74, 6) is 0.452. The summed E-state index contributed by atoms with van der Waals surface area (Å²) in [6.07, 6.45) is 5.06. The second-order valence-electron chi connectivity index (χ2n) is 3.15. The van der Waals surface area contributed by atoms with Gasteiger partial charge < -0.3 is 10.2 Å². The SMILES string of the molecule is Oc1cnc(C2(O)CCC2)nc1. The minimum absolute atomic E-state index is 0.0293. The lowest BCUT2D eigenvalue weighted by molar-refractivity contribution is -0.0468. The van der Waals surface area contributed by atoms with Crippen LogP contribution in [0.2, 0.25) is 0 Å². The van der Waals surface area contributed by atoms with Gasteiger partial charge in [-0.3, -0.25) is 0 Å². The van der Waals surface area contributed by atoms with Crippen LogP contribution in [0.15, 0.2) is 12.4 Å². The van der Waals surface area contributed by atoms with E-state index in [0.717, 1.165) is 19.3 Å². The molecule has 1 aliphatic rings. The molecule has 1 heterocycles. The Morgan fingerprint density at radius 3 is 2.25 bits per heavy atom. The minimum atomic E-state index is -0.826. The van der Waals surface area contributed by atoms with E-state index in [1.165, 1.54) is 12.4 Å². The molecule has 2 rings (SSSR count). The first kappa shape index (κ1) is 7.49. The van der Waals surface area contributed by atoms with E-state index in [9.17, 15) is 5.11 Å². The van der Waals surface area contributed by atoms with Crippen LogP contribution in [0.4, 0.5) is 0 Å². The maximum absolute atomic E-state index is 9.77. The smallest absolute Gasteiger partial charge is 0.160 e. The molecule has 0 amide bonds. The van der Waals surface area contributed by atoms with Gasteiger partial charge in [-0.05, 0) is 19.3 Å². The molecule has 4 heteroatoms. The molecule has 0 spiro atoms. The second kappa shape index (κ2) is 2.42. The van der Waals surface area contributed by atoms with Crippen molar-refractivity contribution in [1.29, 1.82) is 0 Å². The van der Waals surface area contributed by atoms with Gasteiger partial charge in [-0.2, -0.15) is 0 Å². The van der Waals surface area contributed by atoms with Gasteiger partial charge in [0.15, 0.2) is 11.6 Å². The van der Waals surface area contributed by atoms with E-state index in [4.69, 9.17) is 5.11 Å². The predicted molar refractivity (Wildman–Crippen MR) is 41.4 cm³/mol. The van der Waals surface area contributed by atoms with E-state index in [1.54, 1.807) is 0 Å². The van der Waals surface area contributed by atoms with Gasteiger partial charge >= 0.3 is 0 Å². The number of aromatic nitrogens is 2. The van der Waals surface area contributed by atoms with Gasteiger partial charge in [-0.25, -0.2) is 9.97 Å². The van der Waals surface area contributed by atoms with E-state index in [2.05, 4.69) is 9.97 Å². The van der Waals surface area contributed by atoms with Gasteiger partial charge in [0.25, 0.3) is 0 Å². The molecule has 1 aromatic rings. The second-order valence-corrected chi connectivity index (χ2v) is 3.15. The highest BCUT2D eigenvalue weighted by Gasteiger charge is 2.38. The highest BCUT2D eigenvalue weighted by Crippen LogP contribution is 2.38. The minimum Gasteiger partial charge on any atom is -0.505 e. The summed E-state index contributed by atoms with van der Waals surface area (Å²) in [5, 5.41) is 18.7. The zero-order valence-corrected chi connectivity index (χ0v) is 6.56. The highest BCUT2D eigenvalue weighted by atomic mass is 16.3. The van der Waals surface area contributed by atoms with Crippen LogP contribution in [-0.2, 0) is 5.60 Å². The average Bonchev–Trinajstić information content (AvgIpc) is 2.02. The van der Waals surface area contributed by atoms with E-state index in [1.807, 2.05) is 0 Å². The third-order valence-electron chi connectivity index (χ3n) is 2.24. The van der Waals surface area contributed by atoms with Gasteiger partial charge in [0.1, 0.15) is 5.60 Å². The Balaban J connectivity index is 2.28. The Kier molecular flexibility index (Phi) is 1.51. The first-order valence-electron chi connectivity index (χ1n) is 3.95. The Morgan fingerprint density at radius 2 is 1.83 bits per heavy atom. The lowest BCUT2D eigenvalue weighted by Gasteiger charge is -2.34. The van der Waals surface area contributed by atoms with Crippen molar-refractivity contribution in [3.05, 3.63) is 18.2 Å². The molecule has 0 aromatic carbocycles. The lowest BCUT2D eigenvalue weighted by atomic mass is 9.79. The van der Waals surface area contributed by atoms with Crippen molar-refractivity contribution in [2.45, 2.75) is 24.9 Å². The van der Waals surface area contributed by atoms with Crippen molar-refractivity contribution in [1.82, 2.24) is 9.97 Å². The van der Waals surface area contributed by atoms with Crippen molar-refractivity contribution in [2.24, 2.45) is 0 Å². The molecule has 0 bridgehead atoms. The van der Waals surface area contributed by atoms with Gasteiger partial charge in [0.05, 0.1) is 12.4 Å². The highest BCUT2D eigenvalue weighted by molar-refractivity contribution is 5.14. The summed E-state index contributed by atoms with van der Waals surface area (Å²) >= 11 is 0. The van der Waals surface area contributed by atoms with Crippen LogP contribution in [0.25, 0.3) is 0 Å². The quantitative estimate of drug-likeness (QED) is 0.639. The molecule has 0 saturated heterocycles. The van der Waals surface area contributed by atoms with E-state index < -0.39 is 5.60 Å². The van der Waals surface area contributed by atoms with Crippen molar-refractivity contribution in [3.8, 4) is 5.75 Å². The molecular formula is C8H10N2O2. The Labute approximate surface area is 69.9 Å². The molecule has 2 N–H and O–H groups in total. The number of hydrogen-bond acceptors (Lipinski definition) is 4. The fraction of sp³-hybridized carbons (Fsp3) is 0.500. The summed E-state index contributed by atoms with van der Waals surface area (Å²) in [6.45, 7) is 0. The van der Waals surface area contributed by atoms with Gasteiger partial charge in [-0.1, -0.05) is 0 Å². The molecular weight excluding hydrogens is 156 g/mol. The fourth-order valence-electron chi connectivity index (χ4n) is 1.30. The molecule has 4 nitrogen and oxygen atoms in total. The van der Waals surface area contributed by atoms with Crippen molar-refractivity contribution in [3.63, 3.8) is 0 Å². The Hall–Kier alpha value is -1.16. The molecule has 0 radical (unpaired) electrons. The third kappa shape index (κ3) is 1.04. The van der Waals surface area contributed by atoms with Crippen molar-refractivity contribution in [2.75, 3.05) is 0 Å². The predicted octanol–water partition coefficient (Wildman–Crippen LogP) is 0.554. The van der Waals surface area contributed by atoms with Crippen molar-refractivity contribution >= 4 is 0 Å². The standard InChI is InChI=1S/C8H10N2O2/c11-6-4-9-7(10-5-6)8(12)2-1-3-8/h4-5,11-12H,1-3H2. The van der Waals surface area contributed by atoms with Crippen LogP contribution >= 0.6 is 0 Å². The maximum Gasteiger partial charge on any atom is 0.160 e. The lowest BCUT2D eigenvalue weighted by Crippen LogP contribution is -2.35. The van der Waals surface area contributed by atoms with Crippen LogP contribution in [0.5, 0.6) is 5.75 Å². The van der Waals surface area contributed by atoms with Crippen LogP contribution < -0.4 is 0 Å². The number of rotatable bonds is 1. The monoisotopic (exact) mass is 166 g/mol. The first-order chi connectivity index (χ1) is 5.71. The van der Waals surface area contributed by atoms with Crippen LogP contribution in [0.1, 0.15) is 25.1 Å². The maximum atomic E-state index is 9.77. The Morgan fingerprint density at radius 1 is 1.25 bits per heavy atom. The van der Waals surface area contributed by atoms with Gasteiger partial charge in [-0.15, -0.1) is 0 Å². The van der Waals surface area contributed by atoms with E-state index >= 15 is 0 Å². The fourth-order valence-corrected chi connectivity index (χ4v) is 1.30. The topological polar surface area (TPSA) is 66.2 Å². The molecule has 0 unspecified atom stereocenters. The molecule has 64 valence electrons. The molecule has 1 aliphatic carbocycles. The van der Waals surface area contributed by atoms with Gasteiger partial charge in [0.2, 0.25) is 0 Å². The summed E-state index contributed by atoms with van der Waals surface area (Å²) < 4.78 is 0. The molecule has 0 atom stereocenters. The normalized spacial score (nSPS) is 20.1. The van der Waals surface area contributed by atoms with Crippen LogP contribution in [0.3, 0.4) is 0 Å². The molecule has 1 aromatic heterocycles. The van der Waals surface area contributed by atoms with E-state index in [-0.39, 0.29) is 5.75 Å². The van der Waals surface area contributed by atoms with Crippen molar-refractivity contribution < 1.29 is 10.2 Å². The molecule has 0 aliphatic heterocycles. The third-order valence-corrected chi connectivity index (χ3v) is 2.24. The number of nitrogens with zero attached hydrogens (tertiary/aromatic N) is 2. The number of aromatic hydroxyl groups is 1. The molecule has 1 saturated carbocycles. The molecule has 1 fully saturated rings. The number of hydrogen-bond donors (Lipinski definition) is 2. The van der Waals surface area contributed by atoms with Gasteiger partial charge in [0, 0.05) is 0 Å². The average molecular weight is 166 g/mol. The summed E-state index contributed by atoms with van der Waals surface area (Å²) in [4.78, 5) is 7.72. The summed E-state index contributed by atoms with van der Waals surface area (Å²) in [6, 6.07) is 0. The summed E-state index contributed by atoms with van der Waals surface area (Å²) in [5.41, 5.74) is -0.826. The summed E-state index contributed by atoms with van der Waals surface area (Å²) in [7, 11) is 0.